The highest BCUT2D eigenvalue weighted by molar-refractivity contribution is 7.92. The highest BCUT2D eigenvalue weighted by Gasteiger charge is 2.19. The average Bonchev–Trinajstić information content (AvgIpc) is 2.38. The van der Waals surface area contributed by atoms with Gasteiger partial charge in [-0.1, -0.05) is 17.7 Å². The molecule has 0 bridgehead atoms. The summed E-state index contributed by atoms with van der Waals surface area (Å²) in [4.78, 5) is 11.9. The SMILES string of the molecule is Cc1c(Cl)cccc1S(=O)(=O)Nc1cccn(C)c1=O. The van der Waals surface area contributed by atoms with E-state index in [2.05, 4.69) is 4.72 Å². The second-order valence-corrected chi connectivity index (χ2v) is 6.36. The topological polar surface area (TPSA) is 68.2 Å². The molecule has 0 unspecified atom stereocenters. The van der Waals surface area contributed by atoms with Crippen LogP contribution in [0.5, 0.6) is 0 Å². The minimum atomic E-state index is -3.85. The third kappa shape index (κ3) is 2.71. The number of anilines is 1. The molecule has 7 heteroatoms. The maximum absolute atomic E-state index is 12.3. The van der Waals surface area contributed by atoms with Crippen molar-refractivity contribution in [3.63, 3.8) is 0 Å². The molecule has 1 heterocycles. The number of hydrogen-bond acceptors (Lipinski definition) is 3. The number of sulfonamides is 1. The van der Waals surface area contributed by atoms with Crippen LogP contribution in [0.1, 0.15) is 5.56 Å². The Labute approximate surface area is 121 Å². The van der Waals surface area contributed by atoms with Gasteiger partial charge in [0, 0.05) is 18.3 Å². The van der Waals surface area contributed by atoms with E-state index in [1.165, 1.54) is 16.7 Å². The van der Waals surface area contributed by atoms with E-state index in [4.69, 9.17) is 11.6 Å². The van der Waals surface area contributed by atoms with Gasteiger partial charge in [0.2, 0.25) is 0 Å². The van der Waals surface area contributed by atoms with Gasteiger partial charge in [0.1, 0.15) is 5.69 Å². The molecule has 0 aliphatic rings. The van der Waals surface area contributed by atoms with Crippen molar-refractivity contribution in [3.8, 4) is 0 Å². The molecule has 0 saturated heterocycles. The average molecular weight is 313 g/mol. The molecular weight excluding hydrogens is 300 g/mol. The third-order valence-corrected chi connectivity index (χ3v) is 4.79. The van der Waals surface area contributed by atoms with Crippen LogP contribution in [0.25, 0.3) is 0 Å². The van der Waals surface area contributed by atoms with E-state index in [0.29, 0.717) is 10.6 Å². The number of halogens is 1. The van der Waals surface area contributed by atoms with E-state index in [1.807, 2.05) is 0 Å². The molecule has 0 spiro atoms. The van der Waals surface area contributed by atoms with Gasteiger partial charge in [-0.05, 0) is 36.8 Å². The van der Waals surface area contributed by atoms with Gasteiger partial charge >= 0.3 is 0 Å². The third-order valence-electron chi connectivity index (χ3n) is 2.88. The molecule has 1 aromatic carbocycles. The van der Waals surface area contributed by atoms with E-state index in [9.17, 15) is 13.2 Å². The Hall–Kier alpha value is -1.79. The molecule has 2 rings (SSSR count). The van der Waals surface area contributed by atoms with Gasteiger partial charge in [0.25, 0.3) is 15.6 Å². The van der Waals surface area contributed by atoms with E-state index in [0.717, 1.165) is 0 Å². The number of pyridine rings is 1. The van der Waals surface area contributed by atoms with E-state index in [1.54, 1.807) is 38.4 Å². The van der Waals surface area contributed by atoms with Crippen LogP contribution in [0, 0.1) is 6.92 Å². The van der Waals surface area contributed by atoms with Gasteiger partial charge < -0.3 is 4.57 Å². The predicted octanol–water partition coefficient (Wildman–Crippen LogP) is 2.15. The first kappa shape index (κ1) is 14.6. The smallest absolute Gasteiger partial charge is 0.274 e. The molecule has 0 aliphatic carbocycles. The highest BCUT2D eigenvalue weighted by Crippen LogP contribution is 2.23. The summed E-state index contributed by atoms with van der Waals surface area (Å²) in [5.41, 5.74) is 0.0135. The van der Waals surface area contributed by atoms with Crippen LogP contribution in [0.4, 0.5) is 5.69 Å². The monoisotopic (exact) mass is 312 g/mol. The van der Waals surface area contributed by atoms with Gasteiger partial charge in [-0.3, -0.25) is 9.52 Å². The molecule has 0 amide bonds. The summed E-state index contributed by atoms with van der Waals surface area (Å²) < 4.78 is 28.2. The lowest BCUT2D eigenvalue weighted by molar-refractivity contribution is 0.600. The fourth-order valence-electron chi connectivity index (χ4n) is 1.75. The van der Waals surface area contributed by atoms with Crippen molar-refractivity contribution >= 4 is 27.3 Å². The Kier molecular flexibility index (Phi) is 3.87. The fourth-order valence-corrected chi connectivity index (χ4v) is 3.31. The number of nitrogens with one attached hydrogen (secondary N) is 1. The number of aryl methyl sites for hydroxylation is 1. The Morgan fingerprint density at radius 1 is 1.20 bits per heavy atom. The Morgan fingerprint density at radius 3 is 2.60 bits per heavy atom. The van der Waals surface area contributed by atoms with Gasteiger partial charge in [-0.15, -0.1) is 0 Å². The molecule has 1 N–H and O–H groups in total. The van der Waals surface area contributed by atoms with Crippen molar-refractivity contribution < 1.29 is 8.42 Å². The molecule has 2 aromatic rings. The van der Waals surface area contributed by atoms with Crippen molar-refractivity contribution in [1.82, 2.24) is 4.57 Å². The maximum Gasteiger partial charge on any atom is 0.274 e. The summed E-state index contributed by atoms with van der Waals surface area (Å²) in [6, 6.07) is 7.60. The van der Waals surface area contributed by atoms with E-state index < -0.39 is 15.6 Å². The summed E-state index contributed by atoms with van der Waals surface area (Å²) in [5, 5.41) is 0.355. The summed E-state index contributed by atoms with van der Waals surface area (Å²) in [6.45, 7) is 1.61. The second-order valence-electron chi connectivity index (χ2n) is 4.31. The lowest BCUT2D eigenvalue weighted by Gasteiger charge is -2.11. The molecule has 0 radical (unpaired) electrons. The number of hydrogen-bond donors (Lipinski definition) is 1. The predicted molar refractivity (Wildman–Crippen MR) is 78.7 cm³/mol. The molecular formula is C13H13ClN2O3S. The Morgan fingerprint density at radius 2 is 1.90 bits per heavy atom. The molecule has 0 fully saturated rings. The second kappa shape index (κ2) is 5.30. The van der Waals surface area contributed by atoms with Crippen LogP contribution in [0.2, 0.25) is 5.02 Å². The number of aromatic nitrogens is 1. The van der Waals surface area contributed by atoms with Gasteiger partial charge in [0.05, 0.1) is 4.90 Å². The molecule has 0 saturated carbocycles. The van der Waals surface area contributed by atoms with Crippen molar-refractivity contribution in [2.24, 2.45) is 7.05 Å². The fraction of sp³-hybridized carbons (Fsp3) is 0.154. The van der Waals surface area contributed by atoms with Crippen molar-refractivity contribution in [1.29, 1.82) is 0 Å². The van der Waals surface area contributed by atoms with Crippen LogP contribution in [-0.2, 0) is 17.1 Å². The minimum absolute atomic E-state index is 0.00521. The maximum atomic E-state index is 12.3. The largest absolute Gasteiger partial charge is 0.317 e. The number of nitrogens with zero attached hydrogens (tertiary/aromatic N) is 1. The zero-order valence-electron chi connectivity index (χ0n) is 10.9. The Balaban J connectivity index is 2.49. The first-order chi connectivity index (χ1) is 9.33. The normalized spacial score (nSPS) is 11.3. The number of rotatable bonds is 3. The van der Waals surface area contributed by atoms with Crippen LogP contribution in [-0.4, -0.2) is 13.0 Å². The highest BCUT2D eigenvalue weighted by atomic mass is 35.5. The van der Waals surface area contributed by atoms with Gasteiger partial charge in [-0.2, -0.15) is 0 Å². The summed E-state index contributed by atoms with van der Waals surface area (Å²) >= 11 is 5.92. The molecule has 5 nitrogen and oxygen atoms in total. The minimum Gasteiger partial charge on any atom is -0.317 e. The molecule has 20 heavy (non-hydrogen) atoms. The van der Waals surface area contributed by atoms with Crippen LogP contribution >= 0.6 is 11.6 Å². The standard InChI is InChI=1S/C13H13ClN2O3S/c1-9-10(14)5-3-7-12(9)20(18,19)15-11-6-4-8-16(2)13(11)17/h3-8,15H,1-2H3. The zero-order chi connectivity index (χ0) is 14.9. The number of benzene rings is 1. The van der Waals surface area contributed by atoms with Gasteiger partial charge in [-0.25, -0.2) is 8.42 Å². The van der Waals surface area contributed by atoms with E-state index >= 15 is 0 Å². The molecule has 106 valence electrons. The van der Waals surface area contributed by atoms with Gasteiger partial charge in [0.15, 0.2) is 0 Å². The van der Waals surface area contributed by atoms with Crippen LogP contribution in [0.15, 0.2) is 46.2 Å². The summed E-state index contributed by atoms with van der Waals surface area (Å²) in [7, 11) is -2.31. The first-order valence-electron chi connectivity index (χ1n) is 5.76. The molecule has 0 aliphatic heterocycles. The molecule has 1 aromatic heterocycles. The van der Waals surface area contributed by atoms with Crippen LogP contribution in [0.3, 0.4) is 0 Å². The van der Waals surface area contributed by atoms with Crippen LogP contribution < -0.4 is 10.3 Å². The first-order valence-corrected chi connectivity index (χ1v) is 7.62. The van der Waals surface area contributed by atoms with Crippen molar-refractivity contribution in [3.05, 3.63) is 57.5 Å². The quantitative estimate of drug-likeness (QED) is 0.944. The zero-order valence-corrected chi connectivity index (χ0v) is 12.5. The van der Waals surface area contributed by atoms with E-state index in [-0.39, 0.29) is 10.6 Å². The lowest BCUT2D eigenvalue weighted by Crippen LogP contribution is -2.24. The molecule has 0 atom stereocenters. The van der Waals surface area contributed by atoms with Crippen molar-refractivity contribution in [2.75, 3.05) is 4.72 Å². The Bertz CT molecular complexity index is 813. The summed E-state index contributed by atoms with van der Waals surface area (Å²) in [6.07, 6.45) is 1.55. The lowest BCUT2D eigenvalue weighted by atomic mass is 10.2. The summed E-state index contributed by atoms with van der Waals surface area (Å²) in [5.74, 6) is 0. The van der Waals surface area contributed by atoms with Crippen molar-refractivity contribution in [2.45, 2.75) is 11.8 Å².